The molecule has 0 saturated carbocycles. The molecule has 2 aromatic carbocycles. The SMILES string of the molecule is C[Si](C)(C)CCCOc1ccc(C(=O)c2ccccc2)c(O)c1. The molecule has 0 spiro atoms. The molecule has 3 nitrogen and oxygen atoms in total. The quantitative estimate of drug-likeness (QED) is 0.454. The lowest BCUT2D eigenvalue weighted by atomic mass is 10.0. The fourth-order valence-electron chi connectivity index (χ4n) is 2.33. The highest BCUT2D eigenvalue weighted by Gasteiger charge is 2.15. The fourth-order valence-corrected chi connectivity index (χ4v) is 3.54. The van der Waals surface area contributed by atoms with Crippen LogP contribution in [0.4, 0.5) is 0 Å². The van der Waals surface area contributed by atoms with Crippen molar-refractivity contribution in [3.05, 3.63) is 59.7 Å². The molecule has 0 heterocycles. The number of hydrogen-bond acceptors (Lipinski definition) is 3. The monoisotopic (exact) mass is 328 g/mol. The van der Waals surface area contributed by atoms with E-state index in [2.05, 4.69) is 19.6 Å². The third-order valence-electron chi connectivity index (χ3n) is 3.59. The highest BCUT2D eigenvalue weighted by Crippen LogP contribution is 2.26. The second-order valence-electron chi connectivity index (χ2n) is 6.89. The summed E-state index contributed by atoms with van der Waals surface area (Å²) in [6, 6.07) is 15.0. The average molecular weight is 328 g/mol. The van der Waals surface area contributed by atoms with E-state index >= 15 is 0 Å². The topological polar surface area (TPSA) is 46.5 Å². The number of ketones is 1. The van der Waals surface area contributed by atoms with Gasteiger partial charge in [-0.15, -0.1) is 0 Å². The number of carbonyl (C=O) groups is 1. The number of rotatable bonds is 7. The molecule has 0 radical (unpaired) electrons. The summed E-state index contributed by atoms with van der Waals surface area (Å²) < 4.78 is 5.67. The van der Waals surface area contributed by atoms with Crippen LogP contribution in [0.2, 0.25) is 25.7 Å². The molecule has 2 aromatic rings. The lowest BCUT2D eigenvalue weighted by Crippen LogP contribution is -2.19. The summed E-state index contributed by atoms with van der Waals surface area (Å²) >= 11 is 0. The Balaban J connectivity index is 1.99. The van der Waals surface area contributed by atoms with Crippen LogP contribution in [-0.4, -0.2) is 25.6 Å². The summed E-state index contributed by atoms with van der Waals surface area (Å²) in [5.41, 5.74) is 0.859. The van der Waals surface area contributed by atoms with Crippen LogP contribution in [0.5, 0.6) is 11.5 Å². The second kappa shape index (κ2) is 7.46. The maximum atomic E-state index is 12.4. The third kappa shape index (κ3) is 5.25. The zero-order valence-electron chi connectivity index (χ0n) is 14.0. The van der Waals surface area contributed by atoms with E-state index in [4.69, 9.17) is 4.74 Å². The van der Waals surface area contributed by atoms with Gasteiger partial charge in [-0.25, -0.2) is 0 Å². The maximum Gasteiger partial charge on any atom is 0.196 e. The van der Waals surface area contributed by atoms with Gasteiger partial charge in [0, 0.05) is 19.7 Å². The van der Waals surface area contributed by atoms with Crippen molar-refractivity contribution >= 4 is 13.9 Å². The van der Waals surface area contributed by atoms with Crippen LogP contribution < -0.4 is 4.74 Å². The molecule has 0 aromatic heterocycles. The van der Waals surface area contributed by atoms with Gasteiger partial charge in [0.25, 0.3) is 0 Å². The van der Waals surface area contributed by atoms with Gasteiger partial charge in [-0.1, -0.05) is 56.0 Å². The fraction of sp³-hybridized carbons (Fsp3) is 0.316. The largest absolute Gasteiger partial charge is 0.507 e. The van der Waals surface area contributed by atoms with Crippen molar-refractivity contribution in [3.63, 3.8) is 0 Å². The Kier molecular flexibility index (Phi) is 5.61. The van der Waals surface area contributed by atoms with Gasteiger partial charge in [0.1, 0.15) is 11.5 Å². The number of carbonyl (C=O) groups excluding carboxylic acids is 1. The van der Waals surface area contributed by atoms with Crippen molar-refractivity contribution in [2.75, 3.05) is 6.61 Å². The number of benzene rings is 2. The van der Waals surface area contributed by atoms with Gasteiger partial charge in [-0.3, -0.25) is 4.79 Å². The molecule has 0 amide bonds. The van der Waals surface area contributed by atoms with Crippen molar-refractivity contribution < 1.29 is 14.6 Å². The van der Waals surface area contributed by atoms with Crippen LogP contribution >= 0.6 is 0 Å². The predicted octanol–water partition coefficient (Wildman–Crippen LogP) is 4.73. The highest BCUT2D eigenvalue weighted by atomic mass is 28.3. The summed E-state index contributed by atoms with van der Waals surface area (Å²) in [6.45, 7) is 7.64. The zero-order valence-corrected chi connectivity index (χ0v) is 15.0. The Bertz CT molecular complexity index is 660. The van der Waals surface area contributed by atoms with E-state index in [1.54, 1.807) is 36.4 Å². The number of hydrogen-bond donors (Lipinski definition) is 1. The van der Waals surface area contributed by atoms with Gasteiger partial charge in [0.15, 0.2) is 5.78 Å². The molecule has 0 fully saturated rings. The lowest BCUT2D eigenvalue weighted by Gasteiger charge is -2.15. The molecule has 2 rings (SSSR count). The smallest absolute Gasteiger partial charge is 0.196 e. The molecule has 0 aliphatic rings. The first-order chi connectivity index (χ1) is 10.9. The molecular weight excluding hydrogens is 304 g/mol. The molecule has 0 bridgehead atoms. The minimum atomic E-state index is -1.04. The highest BCUT2D eigenvalue weighted by molar-refractivity contribution is 6.76. The molecule has 0 atom stereocenters. The van der Waals surface area contributed by atoms with E-state index in [9.17, 15) is 9.90 Å². The molecular formula is C19H24O3Si. The Morgan fingerprint density at radius 1 is 1.09 bits per heavy atom. The Hall–Kier alpha value is -2.07. The Morgan fingerprint density at radius 2 is 1.78 bits per heavy atom. The van der Waals surface area contributed by atoms with E-state index in [1.165, 1.54) is 12.1 Å². The number of phenolic OH excluding ortho intramolecular Hbond substituents is 1. The van der Waals surface area contributed by atoms with Crippen molar-refractivity contribution in [3.8, 4) is 11.5 Å². The maximum absolute atomic E-state index is 12.4. The Labute approximate surface area is 138 Å². The first-order valence-corrected chi connectivity index (χ1v) is 11.6. The van der Waals surface area contributed by atoms with Crippen molar-refractivity contribution in [2.24, 2.45) is 0 Å². The second-order valence-corrected chi connectivity index (χ2v) is 12.5. The third-order valence-corrected chi connectivity index (χ3v) is 5.44. The van der Waals surface area contributed by atoms with E-state index in [0.717, 1.165) is 6.42 Å². The van der Waals surface area contributed by atoms with Crippen molar-refractivity contribution in [2.45, 2.75) is 32.1 Å². The van der Waals surface area contributed by atoms with Crippen molar-refractivity contribution in [1.29, 1.82) is 0 Å². The van der Waals surface area contributed by atoms with Crippen LogP contribution in [-0.2, 0) is 0 Å². The summed E-state index contributed by atoms with van der Waals surface area (Å²) in [5, 5.41) is 10.1. The van der Waals surface area contributed by atoms with Gasteiger partial charge in [0.05, 0.1) is 12.2 Å². The molecule has 0 aliphatic carbocycles. The summed E-state index contributed by atoms with van der Waals surface area (Å²) in [6.07, 6.45) is 1.02. The van der Waals surface area contributed by atoms with E-state index < -0.39 is 8.07 Å². The molecule has 0 unspecified atom stereocenters. The standard InChI is InChI=1S/C19H24O3Si/c1-23(2,3)13-7-12-22-16-10-11-17(18(20)14-16)19(21)15-8-5-4-6-9-15/h4-6,8-11,14,20H,7,12-13H2,1-3H3. The van der Waals surface area contributed by atoms with E-state index in [1.807, 2.05) is 6.07 Å². The summed E-state index contributed by atoms with van der Waals surface area (Å²) in [4.78, 5) is 12.4. The van der Waals surface area contributed by atoms with Crippen LogP contribution in [0.3, 0.4) is 0 Å². The Morgan fingerprint density at radius 3 is 2.39 bits per heavy atom. The lowest BCUT2D eigenvalue weighted by molar-refractivity contribution is 0.103. The minimum Gasteiger partial charge on any atom is -0.507 e. The van der Waals surface area contributed by atoms with E-state index in [-0.39, 0.29) is 11.5 Å². The van der Waals surface area contributed by atoms with Crippen molar-refractivity contribution in [1.82, 2.24) is 0 Å². The summed E-state index contributed by atoms with van der Waals surface area (Å²) in [7, 11) is -1.04. The first kappa shape index (κ1) is 17.3. The number of ether oxygens (including phenoxy) is 1. The first-order valence-electron chi connectivity index (χ1n) is 7.92. The van der Waals surface area contributed by atoms with Gasteiger partial charge in [-0.2, -0.15) is 0 Å². The minimum absolute atomic E-state index is 0.0402. The molecule has 0 saturated heterocycles. The van der Waals surface area contributed by atoms with Gasteiger partial charge in [0.2, 0.25) is 0 Å². The van der Waals surface area contributed by atoms with E-state index in [0.29, 0.717) is 23.5 Å². The normalized spacial score (nSPS) is 11.3. The molecule has 122 valence electrons. The average Bonchev–Trinajstić information content (AvgIpc) is 2.51. The number of aromatic hydroxyl groups is 1. The number of phenols is 1. The molecule has 23 heavy (non-hydrogen) atoms. The summed E-state index contributed by atoms with van der Waals surface area (Å²) in [5.74, 6) is 0.373. The molecule has 0 aliphatic heterocycles. The van der Waals surface area contributed by atoms with Crippen LogP contribution in [0.1, 0.15) is 22.3 Å². The van der Waals surface area contributed by atoms with Gasteiger partial charge < -0.3 is 9.84 Å². The van der Waals surface area contributed by atoms with Gasteiger partial charge in [-0.05, 0) is 18.6 Å². The zero-order chi connectivity index (χ0) is 16.9. The van der Waals surface area contributed by atoms with Crippen LogP contribution in [0, 0.1) is 0 Å². The van der Waals surface area contributed by atoms with Gasteiger partial charge >= 0.3 is 0 Å². The molecule has 1 N–H and O–H groups in total. The predicted molar refractivity (Wildman–Crippen MR) is 96.2 cm³/mol. The molecule has 4 heteroatoms. The van der Waals surface area contributed by atoms with Crippen LogP contribution in [0.15, 0.2) is 48.5 Å². The van der Waals surface area contributed by atoms with Crippen LogP contribution in [0.25, 0.3) is 0 Å².